The van der Waals surface area contributed by atoms with Gasteiger partial charge in [-0.3, -0.25) is 4.79 Å². The minimum atomic E-state index is -1.34. The zero-order chi connectivity index (χ0) is 28.6. The molecule has 3 aromatic rings. The number of benzene rings is 3. The summed E-state index contributed by atoms with van der Waals surface area (Å²) in [6.07, 6.45) is 0. The zero-order valence-electron chi connectivity index (χ0n) is 20.3. The first-order chi connectivity index (χ1) is 17.9. The number of anilines is 1. The highest BCUT2D eigenvalue weighted by molar-refractivity contribution is 6.08. The van der Waals surface area contributed by atoms with Gasteiger partial charge in [-0.15, -0.1) is 0 Å². The van der Waals surface area contributed by atoms with Crippen LogP contribution in [-0.2, 0) is 9.47 Å². The highest BCUT2D eigenvalue weighted by Gasteiger charge is 2.19. The minimum Gasteiger partial charge on any atom is -0.507 e. The Morgan fingerprint density at radius 1 is 0.711 bits per heavy atom. The number of amides is 1. The molecular formula is C26H23NO11. The third kappa shape index (κ3) is 6.85. The molecule has 0 atom stereocenters. The standard InChI is InChI=1S/C17H15NO6.C9H8O5/c1-23-16(21)10-4-3-5-12(8-10)18-15(20)13-9-11(17(22)24-2)6-7-14(13)19;1-4-5(8(11)12)2-3-6(10)7(4)9(13)14/h3-9,19H,1-2H3,(H,18,20);2-3,10H,1H3,(H,11,12)(H,13,14). The van der Waals surface area contributed by atoms with Gasteiger partial charge >= 0.3 is 23.9 Å². The molecule has 0 aromatic heterocycles. The van der Waals surface area contributed by atoms with Gasteiger partial charge in [0, 0.05) is 5.69 Å². The molecular weight excluding hydrogens is 502 g/mol. The molecule has 12 nitrogen and oxygen atoms in total. The molecule has 38 heavy (non-hydrogen) atoms. The molecule has 0 saturated heterocycles. The summed E-state index contributed by atoms with van der Waals surface area (Å²) in [5.41, 5.74) is 0.189. The summed E-state index contributed by atoms with van der Waals surface area (Å²) in [6, 6.07) is 12.1. The number of carboxylic acid groups (broad SMARTS) is 2. The fourth-order valence-corrected chi connectivity index (χ4v) is 3.20. The van der Waals surface area contributed by atoms with Gasteiger partial charge in [0.1, 0.15) is 17.1 Å². The van der Waals surface area contributed by atoms with E-state index in [-0.39, 0.29) is 39.1 Å². The van der Waals surface area contributed by atoms with Crippen molar-refractivity contribution in [2.75, 3.05) is 19.5 Å². The Morgan fingerprint density at radius 3 is 1.84 bits per heavy atom. The normalized spacial score (nSPS) is 9.87. The lowest BCUT2D eigenvalue weighted by atomic mass is 10.0. The number of aromatic carboxylic acids is 2. The monoisotopic (exact) mass is 525 g/mol. The molecule has 198 valence electrons. The molecule has 0 unspecified atom stereocenters. The van der Waals surface area contributed by atoms with Crippen LogP contribution in [0.15, 0.2) is 54.6 Å². The summed E-state index contributed by atoms with van der Waals surface area (Å²) >= 11 is 0. The molecule has 0 aliphatic carbocycles. The summed E-state index contributed by atoms with van der Waals surface area (Å²) in [4.78, 5) is 56.6. The number of carbonyl (C=O) groups excluding carboxylic acids is 3. The van der Waals surface area contributed by atoms with Gasteiger partial charge in [-0.05, 0) is 61.0 Å². The van der Waals surface area contributed by atoms with E-state index in [1.165, 1.54) is 57.5 Å². The second-order valence-electron chi connectivity index (χ2n) is 7.49. The number of phenols is 2. The van der Waals surface area contributed by atoms with Gasteiger partial charge < -0.3 is 35.2 Å². The average Bonchev–Trinajstić information content (AvgIpc) is 2.88. The number of ether oxygens (including phenoxy) is 2. The van der Waals surface area contributed by atoms with E-state index >= 15 is 0 Å². The van der Waals surface area contributed by atoms with E-state index in [0.29, 0.717) is 5.69 Å². The summed E-state index contributed by atoms with van der Waals surface area (Å²) < 4.78 is 9.19. The van der Waals surface area contributed by atoms with Gasteiger partial charge in [-0.25, -0.2) is 19.2 Å². The van der Waals surface area contributed by atoms with E-state index in [0.717, 1.165) is 6.07 Å². The Labute approximate surface area is 215 Å². The van der Waals surface area contributed by atoms with Crippen molar-refractivity contribution in [1.82, 2.24) is 0 Å². The van der Waals surface area contributed by atoms with Crippen molar-refractivity contribution in [2.45, 2.75) is 6.92 Å². The fourth-order valence-electron chi connectivity index (χ4n) is 3.20. The molecule has 0 radical (unpaired) electrons. The molecule has 0 aliphatic rings. The van der Waals surface area contributed by atoms with Crippen molar-refractivity contribution in [2.24, 2.45) is 0 Å². The summed E-state index contributed by atoms with van der Waals surface area (Å²) in [6.45, 7) is 1.34. The molecule has 0 bridgehead atoms. The topological polar surface area (TPSA) is 197 Å². The van der Waals surface area contributed by atoms with Gasteiger partial charge in [0.25, 0.3) is 5.91 Å². The molecule has 0 aliphatic heterocycles. The van der Waals surface area contributed by atoms with Crippen molar-refractivity contribution >= 4 is 35.5 Å². The van der Waals surface area contributed by atoms with Crippen LogP contribution >= 0.6 is 0 Å². The van der Waals surface area contributed by atoms with Crippen LogP contribution in [0.1, 0.15) is 57.4 Å². The number of phenolic OH excluding ortho intramolecular Hbond substituents is 1. The highest BCUT2D eigenvalue weighted by Crippen LogP contribution is 2.24. The molecule has 1 amide bonds. The number of nitrogens with one attached hydrogen (secondary N) is 1. The van der Waals surface area contributed by atoms with E-state index in [2.05, 4.69) is 14.8 Å². The number of aromatic hydroxyl groups is 2. The molecule has 3 rings (SSSR count). The molecule has 5 N–H and O–H groups in total. The zero-order valence-corrected chi connectivity index (χ0v) is 20.3. The summed E-state index contributed by atoms with van der Waals surface area (Å²) in [5.74, 6) is -5.09. The second kappa shape index (κ2) is 12.5. The molecule has 3 aromatic carbocycles. The van der Waals surface area contributed by atoms with E-state index in [1.54, 1.807) is 12.1 Å². The molecule has 0 heterocycles. The number of hydrogen-bond acceptors (Lipinski definition) is 9. The average molecular weight is 525 g/mol. The fraction of sp³-hybridized carbons (Fsp3) is 0.115. The van der Waals surface area contributed by atoms with Crippen molar-refractivity contribution in [3.63, 3.8) is 0 Å². The third-order valence-corrected chi connectivity index (χ3v) is 5.09. The third-order valence-electron chi connectivity index (χ3n) is 5.09. The second-order valence-corrected chi connectivity index (χ2v) is 7.49. The molecule has 0 spiro atoms. The first kappa shape index (κ1) is 28.8. The Balaban J connectivity index is 0.000000308. The quantitative estimate of drug-likeness (QED) is 0.296. The van der Waals surface area contributed by atoms with Crippen molar-refractivity contribution in [3.8, 4) is 11.5 Å². The number of hydrogen-bond donors (Lipinski definition) is 5. The lowest BCUT2D eigenvalue weighted by molar-refractivity contribution is 0.0591. The molecule has 0 fully saturated rings. The van der Waals surface area contributed by atoms with E-state index < -0.39 is 35.5 Å². The highest BCUT2D eigenvalue weighted by atomic mass is 16.5. The number of esters is 2. The first-order valence-electron chi connectivity index (χ1n) is 10.6. The van der Waals surface area contributed by atoms with Crippen molar-refractivity contribution in [1.29, 1.82) is 0 Å². The van der Waals surface area contributed by atoms with Crippen LogP contribution < -0.4 is 5.32 Å². The van der Waals surface area contributed by atoms with E-state index in [1.807, 2.05) is 0 Å². The van der Waals surface area contributed by atoms with Crippen LogP contribution in [0, 0.1) is 6.92 Å². The molecule has 0 saturated carbocycles. The van der Waals surface area contributed by atoms with Crippen LogP contribution in [0.3, 0.4) is 0 Å². The van der Waals surface area contributed by atoms with E-state index in [4.69, 9.17) is 10.2 Å². The first-order valence-corrected chi connectivity index (χ1v) is 10.6. The van der Waals surface area contributed by atoms with Crippen LogP contribution in [0.4, 0.5) is 5.69 Å². The van der Waals surface area contributed by atoms with Gasteiger partial charge in [0.05, 0.1) is 36.5 Å². The lowest BCUT2D eigenvalue weighted by Crippen LogP contribution is -2.14. The Morgan fingerprint density at radius 2 is 1.29 bits per heavy atom. The molecule has 12 heteroatoms. The number of rotatable bonds is 6. The predicted molar refractivity (Wildman–Crippen MR) is 132 cm³/mol. The van der Waals surface area contributed by atoms with Crippen molar-refractivity contribution < 1.29 is 53.9 Å². The minimum absolute atomic E-state index is 0.0463. The van der Waals surface area contributed by atoms with Crippen LogP contribution in [0.5, 0.6) is 11.5 Å². The Bertz CT molecular complexity index is 1410. The largest absolute Gasteiger partial charge is 0.507 e. The van der Waals surface area contributed by atoms with Gasteiger partial charge in [-0.2, -0.15) is 0 Å². The smallest absolute Gasteiger partial charge is 0.339 e. The van der Waals surface area contributed by atoms with E-state index in [9.17, 15) is 34.2 Å². The van der Waals surface area contributed by atoms with Gasteiger partial charge in [-0.1, -0.05) is 6.07 Å². The maximum atomic E-state index is 12.3. The maximum Gasteiger partial charge on any atom is 0.339 e. The van der Waals surface area contributed by atoms with Gasteiger partial charge in [0.2, 0.25) is 0 Å². The maximum absolute atomic E-state index is 12.3. The predicted octanol–water partition coefficient (Wildman–Crippen LogP) is 3.31. The summed E-state index contributed by atoms with van der Waals surface area (Å²) in [7, 11) is 2.47. The number of methoxy groups -OCH3 is 2. The summed E-state index contributed by atoms with van der Waals surface area (Å²) in [5, 5.41) is 39.0. The SMILES string of the molecule is COC(=O)c1cccc(NC(=O)c2cc(C(=O)OC)ccc2O)c1.Cc1c(C(=O)O)ccc(O)c1C(=O)O. The van der Waals surface area contributed by atoms with Crippen LogP contribution in [0.2, 0.25) is 0 Å². The van der Waals surface area contributed by atoms with Gasteiger partial charge in [0.15, 0.2) is 0 Å². The van der Waals surface area contributed by atoms with Crippen LogP contribution in [-0.4, -0.2) is 64.4 Å². The number of carboxylic acids is 2. The Hall–Kier alpha value is -5.39. The van der Waals surface area contributed by atoms with Crippen molar-refractivity contribution in [3.05, 3.63) is 88.0 Å². The Kier molecular flexibility index (Phi) is 9.51. The lowest BCUT2D eigenvalue weighted by Gasteiger charge is -2.09. The number of carbonyl (C=O) groups is 5. The van der Waals surface area contributed by atoms with Crippen LogP contribution in [0.25, 0.3) is 0 Å².